The molecule has 2 fully saturated rings. The van der Waals surface area contributed by atoms with Crippen molar-refractivity contribution in [3.8, 4) is 0 Å². The van der Waals surface area contributed by atoms with Crippen molar-refractivity contribution in [1.82, 2.24) is 0 Å². The van der Waals surface area contributed by atoms with Crippen LogP contribution in [-0.2, 0) is 19.1 Å². The van der Waals surface area contributed by atoms with Crippen molar-refractivity contribution in [2.24, 2.45) is 11.3 Å². The van der Waals surface area contributed by atoms with Gasteiger partial charge in [-0.25, -0.2) is 0 Å². The van der Waals surface area contributed by atoms with E-state index < -0.39 is 17.4 Å². The van der Waals surface area contributed by atoms with Crippen LogP contribution in [0.25, 0.3) is 0 Å². The maximum atomic E-state index is 11.2. The van der Waals surface area contributed by atoms with E-state index in [2.05, 4.69) is 4.74 Å². The van der Waals surface area contributed by atoms with Crippen LogP contribution in [0.1, 0.15) is 13.3 Å². The minimum Gasteiger partial charge on any atom is -0.468 e. The normalized spacial score (nSPS) is 43.3. The molecule has 1 heterocycles. The lowest BCUT2D eigenvalue weighted by molar-refractivity contribution is -0.159. The Morgan fingerprint density at radius 2 is 2.42 bits per heavy atom. The van der Waals surface area contributed by atoms with Crippen LogP contribution in [0.2, 0.25) is 0 Å². The van der Waals surface area contributed by atoms with Crippen LogP contribution in [-0.4, -0.2) is 25.2 Å². The van der Waals surface area contributed by atoms with Crippen molar-refractivity contribution in [3.63, 3.8) is 0 Å². The molecule has 0 bridgehead atoms. The number of hydrogen-bond acceptors (Lipinski definition) is 4. The Hall–Kier alpha value is -1.06. The number of hydrogen-bond donors (Lipinski definition) is 0. The lowest BCUT2D eigenvalue weighted by atomic mass is 10.1. The monoisotopic (exact) mass is 170 g/mol. The van der Waals surface area contributed by atoms with Gasteiger partial charge in [-0.15, -0.1) is 0 Å². The van der Waals surface area contributed by atoms with Gasteiger partial charge in [-0.2, -0.15) is 0 Å². The molecule has 0 radical (unpaired) electrons. The van der Waals surface area contributed by atoms with Crippen molar-refractivity contribution >= 4 is 11.9 Å². The standard InChI is InChI=1S/C8H10O4/c1-4-5-3-8(5,6(9)11-2)7(10)12-4/h4-5H,3H2,1-2H3/t4-,5?,8-/m1/s1. The fourth-order valence-corrected chi connectivity index (χ4v) is 1.95. The summed E-state index contributed by atoms with van der Waals surface area (Å²) in [7, 11) is 1.29. The highest BCUT2D eigenvalue weighted by atomic mass is 16.6. The summed E-state index contributed by atoms with van der Waals surface area (Å²) in [6.45, 7) is 1.81. The maximum absolute atomic E-state index is 11.2. The molecule has 0 N–H and O–H groups in total. The molecule has 1 saturated carbocycles. The number of methoxy groups -OCH3 is 1. The van der Waals surface area contributed by atoms with Crippen LogP contribution in [0, 0.1) is 11.3 Å². The van der Waals surface area contributed by atoms with Gasteiger partial charge in [-0.1, -0.05) is 0 Å². The Morgan fingerprint density at radius 1 is 1.75 bits per heavy atom. The van der Waals surface area contributed by atoms with Gasteiger partial charge in [-0.3, -0.25) is 9.59 Å². The van der Waals surface area contributed by atoms with Crippen LogP contribution >= 0.6 is 0 Å². The third kappa shape index (κ3) is 0.629. The first-order chi connectivity index (χ1) is 5.63. The third-order valence-corrected chi connectivity index (χ3v) is 2.79. The highest BCUT2D eigenvalue weighted by molar-refractivity contribution is 6.05. The fraction of sp³-hybridized carbons (Fsp3) is 0.750. The smallest absolute Gasteiger partial charge is 0.324 e. The zero-order valence-corrected chi connectivity index (χ0v) is 6.99. The van der Waals surface area contributed by atoms with E-state index in [0.717, 1.165) is 0 Å². The summed E-state index contributed by atoms with van der Waals surface area (Å²) in [5, 5.41) is 0. The van der Waals surface area contributed by atoms with Crippen molar-refractivity contribution in [3.05, 3.63) is 0 Å². The summed E-state index contributed by atoms with van der Waals surface area (Å²) in [6.07, 6.45) is 0.469. The number of carbonyl (C=O) groups is 2. The summed E-state index contributed by atoms with van der Waals surface area (Å²) in [5.74, 6) is -0.800. The molecule has 12 heavy (non-hydrogen) atoms. The average molecular weight is 170 g/mol. The summed E-state index contributed by atoms with van der Waals surface area (Å²) < 4.78 is 9.47. The molecule has 1 aliphatic heterocycles. The molecule has 0 spiro atoms. The number of esters is 2. The maximum Gasteiger partial charge on any atom is 0.324 e. The second-order valence-electron chi connectivity index (χ2n) is 3.38. The molecule has 4 heteroatoms. The molecule has 3 atom stereocenters. The van der Waals surface area contributed by atoms with Crippen molar-refractivity contribution in [2.75, 3.05) is 7.11 Å². The van der Waals surface area contributed by atoms with Gasteiger partial charge in [0.1, 0.15) is 6.10 Å². The Bertz CT molecular complexity index is 250. The third-order valence-electron chi connectivity index (χ3n) is 2.79. The second kappa shape index (κ2) is 2.00. The molecule has 0 aromatic heterocycles. The van der Waals surface area contributed by atoms with Gasteiger partial charge in [0.05, 0.1) is 7.11 Å². The van der Waals surface area contributed by atoms with Crippen LogP contribution in [0.15, 0.2) is 0 Å². The van der Waals surface area contributed by atoms with Crippen LogP contribution in [0.3, 0.4) is 0 Å². The number of rotatable bonds is 1. The van der Waals surface area contributed by atoms with E-state index in [-0.39, 0.29) is 12.0 Å². The van der Waals surface area contributed by atoms with E-state index in [1.54, 1.807) is 6.92 Å². The minimum absolute atomic E-state index is 0.0532. The number of cyclic esters (lactones) is 1. The first-order valence-corrected chi connectivity index (χ1v) is 3.92. The van der Waals surface area contributed by atoms with Crippen LogP contribution in [0.4, 0.5) is 0 Å². The molecule has 1 aliphatic carbocycles. The number of carbonyl (C=O) groups excluding carboxylic acids is 2. The van der Waals surface area contributed by atoms with Crippen LogP contribution in [0.5, 0.6) is 0 Å². The first kappa shape index (κ1) is 7.58. The predicted molar refractivity (Wildman–Crippen MR) is 38.1 cm³/mol. The van der Waals surface area contributed by atoms with Crippen LogP contribution < -0.4 is 0 Å². The quantitative estimate of drug-likeness (QED) is 0.414. The van der Waals surface area contributed by atoms with Gasteiger partial charge >= 0.3 is 11.9 Å². The zero-order valence-electron chi connectivity index (χ0n) is 6.99. The number of ether oxygens (including phenoxy) is 2. The molecular weight excluding hydrogens is 160 g/mol. The molecular formula is C8H10O4. The van der Waals surface area contributed by atoms with Gasteiger partial charge in [0, 0.05) is 5.92 Å². The van der Waals surface area contributed by atoms with E-state index in [9.17, 15) is 9.59 Å². The number of fused-ring (bicyclic) bond motifs is 1. The second-order valence-corrected chi connectivity index (χ2v) is 3.38. The molecule has 1 saturated heterocycles. The molecule has 0 amide bonds. The Labute approximate surface area is 69.8 Å². The van der Waals surface area contributed by atoms with Gasteiger partial charge < -0.3 is 9.47 Å². The molecule has 0 aromatic rings. The van der Waals surface area contributed by atoms with E-state index >= 15 is 0 Å². The SMILES string of the molecule is COC(=O)[C@@]12CC1[C@@H](C)OC2=O. The molecule has 1 unspecified atom stereocenters. The van der Waals surface area contributed by atoms with E-state index in [0.29, 0.717) is 6.42 Å². The zero-order chi connectivity index (χ0) is 8.93. The van der Waals surface area contributed by atoms with Gasteiger partial charge in [0.2, 0.25) is 0 Å². The summed E-state index contributed by atoms with van der Waals surface area (Å²) in [4.78, 5) is 22.4. The topological polar surface area (TPSA) is 52.6 Å². The van der Waals surface area contributed by atoms with Crippen molar-refractivity contribution in [1.29, 1.82) is 0 Å². The summed E-state index contributed by atoms with van der Waals surface area (Å²) in [5.41, 5.74) is -0.922. The highest BCUT2D eigenvalue weighted by Gasteiger charge is 2.74. The van der Waals surface area contributed by atoms with Crippen molar-refractivity contribution < 1.29 is 19.1 Å². The van der Waals surface area contributed by atoms with E-state index in [1.807, 2.05) is 0 Å². The van der Waals surface area contributed by atoms with Gasteiger partial charge in [0.15, 0.2) is 5.41 Å². The van der Waals surface area contributed by atoms with E-state index in [1.165, 1.54) is 7.11 Å². The average Bonchev–Trinajstić information content (AvgIpc) is 2.73. The van der Waals surface area contributed by atoms with Gasteiger partial charge in [-0.05, 0) is 13.3 Å². The largest absolute Gasteiger partial charge is 0.468 e. The van der Waals surface area contributed by atoms with Gasteiger partial charge in [0.25, 0.3) is 0 Å². The molecule has 4 nitrogen and oxygen atoms in total. The van der Waals surface area contributed by atoms with E-state index in [4.69, 9.17) is 4.74 Å². The lowest BCUT2D eigenvalue weighted by Gasteiger charge is -2.06. The summed E-state index contributed by atoms with van der Waals surface area (Å²) in [6, 6.07) is 0. The Balaban J connectivity index is 2.26. The molecule has 2 aliphatic rings. The predicted octanol–water partition coefficient (Wildman–Crippen LogP) is 0.111. The van der Waals surface area contributed by atoms with Crippen molar-refractivity contribution in [2.45, 2.75) is 19.4 Å². The highest BCUT2D eigenvalue weighted by Crippen LogP contribution is 2.61. The fourth-order valence-electron chi connectivity index (χ4n) is 1.95. The Morgan fingerprint density at radius 3 is 2.75 bits per heavy atom. The molecule has 66 valence electrons. The molecule has 2 rings (SSSR count). The molecule has 0 aromatic carbocycles. The summed E-state index contributed by atoms with van der Waals surface area (Å²) >= 11 is 0. The lowest BCUT2D eigenvalue weighted by Crippen LogP contribution is -2.25. The minimum atomic E-state index is -0.922. The Kier molecular flexibility index (Phi) is 1.26. The first-order valence-electron chi connectivity index (χ1n) is 3.92.